The zero-order chi connectivity index (χ0) is 17.2. The third-order valence-electron chi connectivity index (χ3n) is 4.08. The number of thiophene rings is 1. The maximum Gasteiger partial charge on any atom is 0.143 e. The van der Waals surface area contributed by atoms with Gasteiger partial charge in [-0.15, -0.1) is 23.7 Å². The summed E-state index contributed by atoms with van der Waals surface area (Å²) < 4.78 is 5.22. The first-order chi connectivity index (χ1) is 12.3. The van der Waals surface area contributed by atoms with Crippen molar-refractivity contribution in [1.29, 1.82) is 0 Å². The number of rotatable bonds is 4. The van der Waals surface area contributed by atoms with Gasteiger partial charge in [0.15, 0.2) is 0 Å². The number of anilines is 2. The number of hydrogen-bond donors (Lipinski definition) is 1. The van der Waals surface area contributed by atoms with Gasteiger partial charge < -0.3 is 10.1 Å². The lowest BCUT2D eigenvalue weighted by atomic mass is 10.0. The number of ether oxygens (including phenoxy) is 1. The molecule has 0 aliphatic rings. The van der Waals surface area contributed by atoms with Crippen molar-refractivity contribution in [2.45, 2.75) is 6.92 Å². The second-order valence-electron chi connectivity index (χ2n) is 5.66. The SMILES string of the molecule is COc1ccc(Nc2ncnc3sc(C)c(-c4ccccc4)c23)cc1.Cl. The molecule has 0 fully saturated rings. The number of aromatic nitrogens is 2. The van der Waals surface area contributed by atoms with Gasteiger partial charge in [-0.3, -0.25) is 0 Å². The fourth-order valence-electron chi connectivity index (χ4n) is 2.90. The molecule has 0 unspecified atom stereocenters. The molecule has 4 rings (SSSR count). The number of aryl methyl sites for hydroxylation is 1. The van der Waals surface area contributed by atoms with E-state index in [9.17, 15) is 0 Å². The Kier molecular flexibility index (Phi) is 5.40. The van der Waals surface area contributed by atoms with Crippen molar-refractivity contribution in [3.05, 3.63) is 65.8 Å². The Morgan fingerprint density at radius 2 is 1.69 bits per heavy atom. The summed E-state index contributed by atoms with van der Waals surface area (Å²) in [6.07, 6.45) is 1.61. The van der Waals surface area contributed by atoms with Crippen molar-refractivity contribution in [1.82, 2.24) is 9.97 Å². The van der Waals surface area contributed by atoms with Crippen molar-refractivity contribution < 1.29 is 4.74 Å². The first-order valence-corrected chi connectivity index (χ1v) is 8.78. The van der Waals surface area contributed by atoms with Crippen LogP contribution in [0.5, 0.6) is 5.75 Å². The van der Waals surface area contributed by atoms with Gasteiger partial charge in [-0.25, -0.2) is 9.97 Å². The Labute approximate surface area is 162 Å². The number of benzene rings is 2. The predicted octanol–water partition coefficient (Wildman–Crippen LogP) is 5.84. The molecule has 0 aliphatic carbocycles. The van der Waals surface area contributed by atoms with E-state index in [4.69, 9.17) is 4.74 Å². The van der Waals surface area contributed by atoms with Gasteiger partial charge in [0.05, 0.1) is 12.5 Å². The summed E-state index contributed by atoms with van der Waals surface area (Å²) in [6.45, 7) is 2.13. The van der Waals surface area contributed by atoms with Gasteiger partial charge in [0.25, 0.3) is 0 Å². The summed E-state index contributed by atoms with van der Waals surface area (Å²) >= 11 is 1.69. The Balaban J connectivity index is 0.00000196. The summed E-state index contributed by atoms with van der Waals surface area (Å²) in [6, 6.07) is 18.2. The van der Waals surface area contributed by atoms with Crippen molar-refractivity contribution >= 4 is 45.5 Å². The number of halogens is 1. The van der Waals surface area contributed by atoms with Crippen LogP contribution >= 0.6 is 23.7 Å². The van der Waals surface area contributed by atoms with Gasteiger partial charge in [0, 0.05) is 16.1 Å². The second-order valence-corrected chi connectivity index (χ2v) is 6.86. The van der Waals surface area contributed by atoms with E-state index in [1.165, 1.54) is 16.0 Å². The van der Waals surface area contributed by atoms with Crippen LogP contribution in [-0.4, -0.2) is 17.1 Å². The predicted molar refractivity (Wildman–Crippen MR) is 111 cm³/mol. The third-order valence-corrected chi connectivity index (χ3v) is 5.09. The highest BCUT2D eigenvalue weighted by Gasteiger charge is 2.16. The van der Waals surface area contributed by atoms with Gasteiger partial charge in [0.1, 0.15) is 22.7 Å². The summed E-state index contributed by atoms with van der Waals surface area (Å²) in [7, 11) is 1.66. The minimum atomic E-state index is 0. The molecule has 1 N–H and O–H groups in total. The maximum absolute atomic E-state index is 5.22. The van der Waals surface area contributed by atoms with Crippen LogP contribution in [0.3, 0.4) is 0 Å². The van der Waals surface area contributed by atoms with E-state index in [2.05, 4.69) is 46.5 Å². The van der Waals surface area contributed by atoms with Gasteiger partial charge in [0.2, 0.25) is 0 Å². The molecule has 4 nitrogen and oxygen atoms in total. The lowest BCUT2D eigenvalue weighted by Gasteiger charge is -2.09. The Hall–Kier alpha value is -2.63. The molecule has 0 aliphatic heterocycles. The summed E-state index contributed by atoms with van der Waals surface area (Å²) in [5.41, 5.74) is 3.33. The van der Waals surface area contributed by atoms with Crippen LogP contribution in [0.1, 0.15) is 4.88 Å². The lowest BCUT2D eigenvalue weighted by Crippen LogP contribution is -1.96. The van der Waals surface area contributed by atoms with Crippen molar-refractivity contribution in [2.24, 2.45) is 0 Å². The van der Waals surface area contributed by atoms with Crippen LogP contribution in [-0.2, 0) is 0 Å². The molecule has 0 atom stereocenters. The molecule has 4 aromatic rings. The highest BCUT2D eigenvalue weighted by atomic mass is 35.5. The van der Waals surface area contributed by atoms with E-state index in [1.807, 2.05) is 30.3 Å². The third kappa shape index (κ3) is 3.36. The number of nitrogens with one attached hydrogen (secondary N) is 1. The van der Waals surface area contributed by atoms with Crippen LogP contribution in [0.4, 0.5) is 11.5 Å². The standard InChI is InChI=1S/C20H17N3OS.ClH/c1-13-17(14-6-4-3-5-7-14)18-19(21-12-22-20(18)25-13)23-15-8-10-16(24-2)11-9-15;/h3-12H,1-2H3,(H,21,22,23);1H. The normalized spacial score (nSPS) is 10.4. The highest BCUT2D eigenvalue weighted by Crippen LogP contribution is 2.40. The molecular formula is C20H18ClN3OS. The van der Waals surface area contributed by atoms with E-state index in [0.29, 0.717) is 0 Å². The minimum Gasteiger partial charge on any atom is -0.497 e. The second kappa shape index (κ2) is 7.72. The van der Waals surface area contributed by atoms with Crippen LogP contribution in [0.25, 0.3) is 21.3 Å². The number of fused-ring (bicyclic) bond motifs is 1. The number of nitrogens with zero attached hydrogens (tertiary/aromatic N) is 2. The molecule has 26 heavy (non-hydrogen) atoms. The molecule has 6 heteroatoms. The fourth-order valence-corrected chi connectivity index (χ4v) is 3.92. The summed E-state index contributed by atoms with van der Waals surface area (Å²) in [4.78, 5) is 11.2. The van der Waals surface area contributed by atoms with Crippen molar-refractivity contribution in [3.63, 3.8) is 0 Å². The molecule has 2 aromatic heterocycles. The molecular weight excluding hydrogens is 366 g/mol. The van der Waals surface area contributed by atoms with E-state index in [1.54, 1.807) is 24.8 Å². The molecule has 2 heterocycles. The molecule has 0 amide bonds. The lowest BCUT2D eigenvalue weighted by molar-refractivity contribution is 0.415. The van der Waals surface area contributed by atoms with Gasteiger partial charge in [-0.05, 0) is 36.8 Å². The van der Waals surface area contributed by atoms with Crippen LogP contribution in [0, 0.1) is 6.92 Å². The first-order valence-electron chi connectivity index (χ1n) is 7.97. The van der Waals surface area contributed by atoms with E-state index < -0.39 is 0 Å². The quantitative estimate of drug-likeness (QED) is 0.480. The van der Waals surface area contributed by atoms with E-state index in [0.717, 1.165) is 27.5 Å². The Morgan fingerprint density at radius 1 is 0.962 bits per heavy atom. The Morgan fingerprint density at radius 3 is 2.38 bits per heavy atom. The summed E-state index contributed by atoms with van der Waals surface area (Å²) in [5.74, 6) is 1.65. The largest absolute Gasteiger partial charge is 0.497 e. The van der Waals surface area contributed by atoms with E-state index in [-0.39, 0.29) is 12.4 Å². The van der Waals surface area contributed by atoms with Crippen molar-refractivity contribution in [2.75, 3.05) is 12.4 Å². The average molecular weight is 384 g/mol. The fraction of sp³-hybridized carbons (Fsp3) is 0.100. The van der Waals surface area contributed by atoms with Gasteiger partial charge in [-0.1, -0.05) is 30.3 Å². The molecule has 0 saturated carbocycles. The van der Waals surface area contributed by atoms with Crippen LogP contribution in [0.15, 0.2) is 60.9 Å². The summed E-state index contributed by atoms with van der Waals surface area (Å²) in [5, 5.41) is 4.48. The zero-order valence-corrected chi connectivity index (χ0v) is 16.0. The Bertz CT molecular complexity index is 1020. The van der Waals surface area contributed by atoms with Crippen molar-refractivity contribution in [3.8, 4) is 16.9 Å². The molecule has 0 saturated heterocycles. The maximum atomic E-state index is 5.22. The van der Waals surface area contributed by atoms with Crippen LogP contribution < -0.4 is 10.1 Å². The topological polar surface area (TPSA) is 47.0 Å². The molecule has 0 bridgehead atoms. The molecule has 0 spiro atoms. The molecule has 132 valence electrons. The smallest absolute Gasteiger partial charge is 0.143 e. The number of methoxy groups -OCH3 is 1. The minimum absolute atomic E-state index is 0. The van der Waals surface area contributed by atoms with Crippen LogP contribution in [0.2, 0.25) is 0 Å². The zero-order valence-electron chi connectivity index (χ0n) is 14.4. The van der Waals surface area contributed by atoms with Gasteiger partial charge >= 0.3 is 0 Å². The monoisotopic (exact) mass is 383 g/mol. The van der Waals surface area contributed by atoms with E-state index >= 15 is 0 Å². The highest BCUT2D eigenvalue weighted by molar-refractivity contribution is 7.19. The molecule has 2 aromatic carbocycles. The van der Waals surface area contributed by atoms with Gasteiger partial charge in [-0.2, -0.15) is 0 Å². The molecule has 0 radical (unpaired) electrons. The average Bonchev–Trinajstić information content (AvgIpc) is 3.00. The number of hydrogen-bond acceptors (Lipinski definition) is 5. The first kappa shape index (κ1) is 18.2.